The summed E-state index contributed by atoms with van der Waals surface area (Å²) in [5.41, 5.74) is 6.58. The van der Waals surface area contributed by atoms with Gasteiger partial charge in [0, 0.05) is 17.4 Å². The predicted octanol–water partition coefficient (Wildman–Crippen LogP) is 7.90. The van der Waals surface area contributed by atoms with Gasteiger partial charge in [-0.15, -0.1) is 0 Å². The maximum atomic E-state index is 13.9. The van der Waals surface area contributed by atoms with Gasteiger partial charge in [0.15, 0.2) is 0 Å². The van der Waals surface area contributed by atoms with Crippen LogP contribution in [0, 0.1) is 25.7 Å². The number of carboxylic acid groups (broad SMARTS) is 1. The fourth-order valence-electron chi connectivity index (χ4n) is 6.09. The number of pyridine rings is 1. The Balaban J connectivity index is 1.40. The van der Waals surface area contributed by atoms with Gasteiger partial charge >= 0.3 is 5.97 Å². The Labute approximate surface area is 229 Å². The smallest absolute Gasteiger partial charge is 0.303 e. The first-order valence-corrected chi connectivity index (χ1v) is 14.0. The van der Waals surface area contributed by atoms with Gasteiger partial charge < -0.3 is 10.4 Å². The number of nitrogens with one attached hydrogen (secondary N) is 1. The lowest BCUT2D eigenvalue weighted by atomic mass is 9.83. The van der Waals surface area contributed by atoms with Crippen LogP contribution in [-0.2, 0) is 9.59 Å². The summed E-state index contributed by atoms with van der Waals surface area (Å²) in [6.45, 7) is 3.89. The van der Waals surface area contributed by atoms with Crippen molar-refractivity contribution < 1.29 is 14.7 Å². The predicted molar refractivity (Wildman–Crippen MR) is 152 cm³/mol. The van der Waals surface area contributed by atoms with E-state index in [9.17, 15) is 14.7 Å². The van der Waals surface area contributed by atoms with E-state index in [1.807, 2.05) is 56.4 Å². The van der Waals surface area contributed by atoms with Gasteiger partial charge in [-0.2, -0.15) is 0 Å². The maximum absolute atomic E-state index is 13.9. The summed E-state index contributed by atoms with van der Waals surface area (Å²) < 4.78 is 0. The fraction of sp³-hybridized carbons (Fsp3) is 0.406. The standard InChI is InChI=1S/C32H35ClN2O3/c1-19-26(27(17-30(36)37)22-12-13-22)8-5-9-29(19)35-32(38)31(23-6-3-4-7-23)24-14-10-21(11-15-24)25-16-28(33)20(2)34-18-25/h5,8-11,14-16,18,22-23,27,31H,3-4,6-7,12-13,17H2,1-2H3,(H,35,38)(H,36,37)/t27-,31-/m1/s1. The summed E-state index contributed by atoms with van der Waals surface area (Å²) in [7, 11) is 0. The molecular formula is C32H35ClN2O3. The number of hydrogen-bond acceptors (Lipinski definition) is 3. The zero-order valence-corrected chi connectivity index (χ0v) is 22.8. The number of aliphatic carboxylic acids is 1. The molecule has 5 rings (SSSR count). The van der Waals surface area contributed by atoms with E-state index in [4.69, 9.17) is 11.6 Å². The lowest BCUT2D eigenvalue weighted by Crippen LogP contribution is -2.27. The molecule has 2 aliphatic carbocycles. The van der Waals surface area contributed by atoms with Crippen molar-refractivity contribution in [2.24, 2.45) is 11.8 Å². The minimum Gasteiger partial charge on any atom is -0.481 e. The number of anilines is 1. The average molecular weight is 531 g/mol. The van der Waals surface area contributed by atoms with Crippen LogP contribution in [0.15, 0.2) is 54.7 Å². The molecular weight excluding hydrogens is 496 g/mol. The number of amides is 1. The normalized spacial score (nSPS) is 17.2. The van der Waals surface area contributed by atoms with Crippen molar-refractivity contribution in [3.8, 4) is 11.1 Å². The van der Waals surface area contributed by atoms with Crippen molar-refractivity contribution >= 4 is 29.2 Å². The van der Waals surface area contributed by atoms with Crippen molar-refractivity contribution in [3.05, 3.63) is 82.1 Å². The van der Waals surface area contributed by atoms with Crippen LogP contribution in [0.5, 0.6) is 0 Å². The highest BCUT2D eigenvalue weighted by atomic mass is 35.5. The number of hydrogen-bond donors (Lipinski definition) is 2. The van der Waals surface area contributed by atoms with Crippen LogP contribution < -0.4 is 5.32 Å². The van der Waals surface area contributed by atoms with E-state index >= 15 is 0 Å². The largest absolute Gasteiger partial charge is 0.481 e. The van der Waals surface area contributed by atoms with Gasteiger partial charge in [-0.3, -0.25) is 14.6 Å². The zero-order chi connectivity index (χ0) is 26.8. The number of aromatic nitrogens is 1. The Morgan fingerprint density at radius 3 is 2.34 bits per heavy atom. The van der Waals surface area contributed by atoms with Gasteiger partial charge in [0.25, 0.3) is 0 Å². The second-order valence-corrected chi connectivity index (χ2v) is 11.4. The van der Waals surface area contributed by atoms with E-state index in [0.717, 1.165) is 77.7 Å². The van der Waals surface area contributed by atoms with Gasteiger partial charge in [0.1, 0.15) is 0 Å². The van der Waals surface area contributed by atoms with Gasteiger partial charge in [0.05, 0.1) is 23.1 Å². The van der Waals surface area contributed by atoms with Crippen molar-refractivity contribution in [2.45, 2.75) is 70.6 Å². The third kappa shape index (κ3) is 5.78. The van der Waals surface area contributed by atoms with Crippen molar-refractivity contribution in [2.75, 3.05) is 5.32 Å². The molecule has 0 aliphatic heterocycles. The second-order valence-electron chi connectivity index (χ2n) is 11.0. The zero-order valence-electron chi connectivity index (χ0n) is 22.0. The lowest BCUT2D eigenvalue weighted by molar-refractivity contribution is -0.137. The molecule has 0 bridgehead atoms. The van der Waals surface area contributed by atoms with Crippen LogP contribution in [0.25, 0.3) is 11.1 Å². The lowest BCUT2D eigenvalue weighted by Gasteiger charge is -2.25. The molecule has 1 amide bonds. The molecule has 0 radical (unpaired) electrons. The van der Waals surface area contributed by atoms with Gasteiger partial charge in [-0.1, -0.05) is 60.8 Å². The summed E-state index contributed by atoms with van der Waals surface area (Å²) in [6, 6.07) is 16.0. The minimum atomic E-state index is -0.774. The molecule has 0 spiro atoms. The summed E-state index contributed by atoms with van der Waals surface area (Å²) in [4.78, 5) is 29.8. The van der Waals surface area contributed by atoms with Gasteiger partial charge in [0.2, 0.25) is 5.91 Å². The third-order valence-corrected chi connectivity index (χ3v) is 8.78. The highest BCUT2D eigenvalue weighted by Gasteiger charge is 2.36. The van der Waals surface area contributed by atoms with Crippen molar-refractivity contribution in [1.29, 1.82) is 0 Å². The van der Waals surface area contributed by atoms with Crippen LogP contribution >= 0.6 is 11.6 Å². The number of carbonyl (C=O) groups is 2. The summed E-state index contributed by atoms with van der Waals surface area (Å²) in [5.74, 6) is -0.305. The van der Waals surface area contributed by atoms with Crippen LogP contribution in [0.2, 0.25) is 5.02 Å². The van der Waals surface area contributed by atoms with Gasteiger partial charge in [-0.25, -0.2) is 0 Å². The molecule has 198 valence electrons. The molecule has 5 nitrogen and oxygen atoms in total. The fourth-order valence-corrected chi connectivity index (χ4v) is 6.26. The van der Waals surface area contributed by atoms with E-state index in [0.29, 0.717) is 16.9 Å². The molecule has 2 saturated carbocycles. The summed E-state index contributed by atoms with van der Waals surface area (Å²) in [6.07, 6.45) is 8.46. The second kappa shape index (κ2) is 11.3. The van der Waals surface area contributed by atoms with Crippen LogP contribution in [0.3, 0.4) is 0 Å². The Morgan fingerprint density at radius 2 is 1.71 bits per heavy atom. The molecule has 2 N–H and O–H groups in total. The molecule has 2 atom stereocenters. The Hall–Kier alpha value is -3.18. The first-order valence-electron chi connectivity index (χ1n) is 13.7. The first kappa shape index (κ1) is 26.4. The highest BCUT2D eigenvalue weighted by molar-refractivity contribution is 6.31. The first-order chi connectivity index (χ1) is 18.3. The Kier molecular flexibility index (Phi) is 7.85. The molecule has 38 heavy (non-hydrogen) atoms. The topological polar surface area (TPSA) is 79.3 Å². The Bertz CT molecular complexity index is 1330. The van der Waals surface area contributed by atoms with E-state index in [2.05, 4.69) is 22.4 Å². The summed E-state index contributed by atoms with van der Waals surface area (Å²) >= 11 is 6.29. The quantitative estimate of drug-likeness (QED) is 0.294. The minimum absolute atomic E-state index is 0.00570. The van der Waals surface area contributed by atoms with Crippen LogP contribution in [0.1, 0.15) is 79.2 Å². The van der Waals surface area contributed by atoms with E-state index in [-0.39, 0.29) is 24.2 Å². The number of rotatable bonds is 9. The molecule has 2 aromatic carbocycles. The summed E-state index contributed by atoms with van der Waals surface area (Å²) in [5, 5.41) is 13.4. The van der Waals surface area contributed by atoms with E-state index < -0.39 is 5.97 Å². The van der Waals surface area contributed by atoms with Crippen LogP contribution in [-0.4, -0.2) is 22.0 Å². The number of carboxylic acids is 1. The highest BCUT2D eigenvalue weighted by Crippen LogP contribution is 2.46. The SMILES string of the molecule is Cc1ncc(-c2ccc([C@H](C(=O)Nc3cccc([C@H](CC(=O)O)C4CC4)c3C)C3CCCC3)cc2)cc1Cl. The van der Waals surface area contributed by atoms with E-state index in [1.54, 1.807) is 0 Å². The number of benzene rings is 2. The molecule has 2 fully saturated rings. The number of carbonyl (C=O) groups excluding carboxylic acids is 1. The molecule has 0 saturated heterocycles. The molecule has 1 heterocycles. The number of nitrogens with zero attached hydrogens (tertiary/aromatic N) is 1. The number of halogens is 1. The van der Waals surface area contributed by atoms with Crippen LogP contribution in [0.4, 0.5) is 5.69 Å². The molecule has 1 aromatic heterocycles. The average Bonchev–Trinajstić information content (AvgIpc) is 3.61. The van der Waals surface area contributed by atoms with Crippen molar-refractivity contribution in [1.82, 2.24) is 4.98 Å². The molecule has 2 aliphatic rings. The molecule has 3 aromatic rings. The monoisotopic (exact) mass is 530 g/mol. The Morgan fingerprint density at radius 1 is 1.00 bits per heavy atom. The van der Waals surface area contributed by atoms with Crippen molar-refractivity contribution in [3.63, 3.8) is 0 Å². The number of aryl methyl sites for hydroxylation is 1. The van der Waals surface area contributed by atoms with E-state index in [1.165, 1.54) is 0 Å². The maximum Gasteiger partial charge on any atom is 0.303 e. The molecule has 0 unspecified atom stereocenters. The third-order valence-electron chi connectivity index (χ3n) is 8.40. The van der Waals surface area contributed by atoms with Gasteiger partial charge in [-0.05, 0) is 91.7 Å². The molecule has 6 heteroatoms.